The summed E-state index contributed by atoms with van der Waals surface area (Å²) < 4.78 is 15.7. The number of methoxy groups -OCH3 is 3. The summed E-state index contributed by atoms with van der Waals surface area (Å²) in [6, 6.07) is 10.2. The number of hydrogen-bond donors (Lipinski definition) is 3. The fourth-order valence-electron chi connectivity index (χ4n) is 2.73. The summed E-state index contributed by atoms with van der Waals surface area (Å²) in [5.74, 6) is 0.0915. The number of carbonyl (C=O) groups excluding carboxylic acids is 3. The molecule has 172 valence electrons. The van der Waals surface area contributed by atoms with E-state index in [4.69, 9.17) is 14.2 Å². The molecule has 0 unspecified atom stereocenters. The Hall–Kier alpha value is -3.75. The molecule has 0 aromatic heterocycles. The van der Waals surface area contributed by atoms with Gasteiger partial charge in [0.25, 0.3) is 5.91 Å². The highest BCUT2D eigenvalue weighted by atomic mass is 16.5. The van der Waals surface area contributed by atoms with E-state index in [2.05, 4.69) is 16.0 Å². The largest absolute Gasteiger partial charge is 0.493 e. The molecule has 3 N–H and O–H groups in total. The molecule has 9 nitrogen and oxygen atoms in total. The van der Waals surface area contributed by atoms with E-state index >= 15 is 0 Å². The molecule has 9 heteroatoms. The van der Waals surface area contributed by atoms with E-state index in [1.54, 1.807) is 12.1 Å². The van der Waals surface area contributed by atoms with Crippen molar-refractivity contribution >= 4 is 23.4 Å². The quantitative estimate of drug-likeness (QED) is 0.519. The van der Waals surface area contributed by atoms with Crippen LogP contribution in [0.15, 0.2) is 36.4 Å². The Kier molecular flexibility index (Phi) is 8.88. The summed E-state index contributed by atoms with van der Waals surface area (Å²) in [7, 11) is 4.38. The minimum Gasteiger partial charge on any atom is -0.493 e. The predicted octanol–water partition coefficient (Wildman–Crippen LogP) is 2.35. The molecule has 0 bridgehead atoms. The Labute approximate surface area is 187 Å². The van der Waals surface area contributed by atoms with Crippen molar-refractivity contribution < 1.29 is 28.6 Å². The molecule has 0 aliphatic carbocycles. The highest BCUT2D eigenvalue weighted by Gasteiger charge is 2.17. The number of benzene rings is 2. The molecule has 0 spiro atoms. The van der Waals surface area contributed by atoms with Gasteiger partial charge in [0.1, 0.15) is 0 Å². The molecule has 2 aromatic carbocycles. The van der Waals surface area contributed by atoms with Gasteiger partial charge in [0, 0.05) is 23.7 Å². The second-order valence-electron chi connectivity index (χ2n) is 7.21. The first kappa shape index (κ1) is 24.5. The lowest BCUT2D eigenvalue weighted by Gasteiger charge is -2.14. The second kappa shape index (κ2) is 11.6. The van der Waals surface area contributed by atoms with Crippen molar-refractivity contribution in [3.63, 3.8) is 0 Å². The summed E-state index contributed by atoms with van der Waals surface area (Å²) in [6.07, 6.45) is 0. The van der Waals surface area contributed by atoms with Gasteiger partial charge in [-0.1, -0.05) is 26.0 Å². The van der Waals surface area contributed by atoms with Crippen LogP contribution >= 0.6 is 0 Å². The van der Waals surface area contributed by atoms with Crippen LogP contribution in [-0.2, 0) is 16.1 Å². The van der Waals surface area contributed by atoms with E-state index in [9.17, 15) is 14.4 Å². The molecular formula is C23H29N3O6. The number of rotatable bonds is 10. The monoisotopic (exact) mass is 443 g/mol. The molecule has 0 heterocycles. The average Bonchev–Trinajstić information content (AvgIpc) is 2.80. The van der Waals surface area contributed by atoms with Gasteiger partial charge in [-0.2, -0.15) is 0 Å². The van der Waals surface area contributed by atoms with Gasteiger partial charge in [0.05, 0.1) is 27.9 Å². The molecular weight excluding hydrogens is 414 g/mol. The van der Waals surface area contributed by atoms with Crippen LogP contribution in [0.25, 0.3) is 0 Å². The normalized spacial score (nSPS) is 10.3. The zero-order valence-electron chi connectivity index (χ0n) is 18.9. The molecule has 2 rings (SSSR count). The minimum atomic E-state index is -0.454. The third-order valence-electron chi connectivity index (χ3n) is 4.57. The molecule has 0 aliphatic rings. The fraction of sp³-hybridized carbons (Fsp3) is 0.348. The lowest BCUT2D eigenvalue weighted by molar-refractivity contribution is -0.120. The third kappa shape index (κ3) is 6.63. The summed E-state index contributed by atoms with van der Waals surface area (Å²) in [5, 5.41) is 8.11. The topological polar surface area (TPSA) is 115 Å². The van der Waals surface area contributed by atoms with Crippen LogP contribution in [0.2, 0.25) is 0 Å². The van der Waals surface area contributed by atoms with Crippen molar-refractivity contribution in [3.8, 4) is 17.2 Å². The SMILES string of the molecule is COc1cc(C(=O)NCC(=O)NCc2ccc(NC(=O)C(C)C)cc2)cc(OC)c1OC. The Morgan fingerprint density at radius 2 is 1.47 bits per heavy atom. The van der Waals surface area contributed by atoms with E-state index in [0.29, 0.717) is 22.9 Å². The molecule has 0 saturated carbocycles. The van der Waals surface area contributed by atoms with Crippen molar-refractivity contribution in [3.05, 3.63) is 47.5 Å². The summed E-state index contributed by atoms with van der Waals surface area (Å²) in [6.45, 7) is 3.73. The van der Waals surface area contributed by atoms with E-state index in [0.717, 1.165) is 5.56 Å². The van der Waals surface area contributed by atoms with Crippen molar-refractivity contribution in [1.82, 2.24) is 10.6 Å². The summed E-state index contributed by atoms with van der Waals surface area (Å²) >= 11 is 0. The van der Waals surface area contributed by atoms with Gasteiger partial charge in [-0.15, -0.1) is 0 Å². The van der Waals surface area contributed by atoms with Crippen molar-refractivity contribution in [2.75, 3.05) is 33.2 Å². The number of anilines is 1. The summed E-state index contributed by atoms with van der Waals surface area (Å²) in [4.78, 5) is 36.3. The molecule has 0 atom stereocenters. The average molecular weight is 444 g/mol. The number of carbonyl (C=O) groups is 3. The molecule has 0 saturated heterocycles. The molecule has 0 aliphatic heterocycles. The first-order valence-electron chi connectivity index (χ1n) is 10.0. The van der Waals surface area contributed by atoms with Gasteiger partial charge >= 0.3 is 0 Å². The van der Waals surface area contributed by atoms with Gasteiger partial charge in [-0.25, -0.2) is 0 Å². The van der Waals surface area contributed by atoms with Crippen LogP contribution in [0.5, 0.6) is 17.2 Å². The fourth-order valence-corrected chi connectivity index (χ4v) is 2.73. The first-order chi connectivity index (χ1) is 15.3. The second-order valence-corrected chi connectivity index (χ2v) is 7.21. The molecule has 2 aromatic rings. The maximum absolute atomic E-state index is 12.5. The van der Waals surface area contributed by atoms with Gasteiger partial charge < -0.3 is 30.2 Å². The van der Waals surface area contributed by atoms with Gasteiger partial charge in [0.2, 0.25) is 17.6 Å². The van der Waals surface area contributed by atoms with Gasteiger partial charge in [0.15, 0.2) is 11.5 Å². The van der Waals surface area contributed by atoms with Crippen LogP contribution < -0.4 is 30.2 Å². The van der Waals surface area contributed by atoms with E-state index in [1.165, 1.54) is 33.5 Å². The number of ether oxygens (including phenoxy) is 3. The lowest BCUT2D eigenvalue weighted by atomic mass is 10.1. The van der Waals surface area contributed by atoms with E-state index < -0.39 is 5.91 Å². The molecule has 3 amide bonds. The van der Waals surface area contributed by atoms with Crippen LogP contribution in [0.3, 0.4) is 0 Å². The zero-order chi connectivity index (χ0) is 23.7. The zero-order valence-corrected chi connectivity index (χ0v) is 18.9. The maximum Gasteiger partial charge on any atom is 0.251 e. The van der Waals surface area contributed by atoms with Gasteiger partial charge in [-0.05, 0) is 29.8 Å². The number of hydrogen-bond acceptors (Lipinski definition) is 6. The van der Waals surface area contributed by atoms with Crippen molar-refractivity contribution in [2.45, 2.75) is 20.4 Å². The Bertz CT molecular complexity index is 932. The predicted molar refractivity (Wildman–Crippen MR) is 120 cm³/mol. The smallest absolute Gasteiger partial charge is 0.251 e. The van der Waals surface area contributed by atoms with Crippen LogP contribution in [0, 0.1) is 5.92 Å². The summed E-state index contributed by atoms with van der Waals surface area (Å²) in [5.41, 5.74) is 1.82. The molecule has 32 heavy (non-hydrogen) atoms. The number of amides is 3. The Morgan fingerprint density at radius 1 is 0.875 bits per heavy atom. The lowest BCUT2D eigenvalue weighted by Crippen LogP contribution is -2.36. The van der Waals surface area contributed by atoms with Crippen LogP contribution in [-0.4, -0.2) is 45.6 Å². The van der Waals surface area contributed by atoms with Crippen molar-refractivity contribution in [2.24, 2.45) is 5.92 Å². The molecule has 0 radical (unpaired) electrons. The highest BCUT2D eigenvalue weighted by molar-refractivity contribution is 5.97. The van der Waals surface area contributed by atoms with Crippen LogP contribution in [0.1, 0.15) is 29.8 Å². The maximum atomic E-state index is 12.5. The van der Waals surface area contributed by atoms with Crippen LogP contribution in [0.4, 0.5) is 5.69 Å². The Balaban J connectivity index is 1.88. The third-order valence-corrected chi connectivity index (χ3v) is 4.57. The Morgan fingerprint density at radius 3 is 1.97 bits per heavy atom. The highest BCUT2D eigenvalue weighted by Crippen LogP contribution is 2.38. The number of nitrogens with one attached hydrogen (secondary N) is 3. The van der Waals surface area contributed by atoms with Crippen molar-refractivity contribution in [1.29, 1.82) is 0 Å². The van der Waals surface area contributed by atoms with E-state index in [-0.39, 0.29) is 36.4 Å². The van der Waals surface area contributed by atoms with E-state index in [1.807, 2.05) is 26.0 Å². The van der Waals surface area contributed by atoms with Gasteiger partial charge in [-0.3, -0.25) is 14.4 Å². The molecule has 0 fully saturated rings. The standard InChI is InChI=1S/C23H29N3O6/c1-14(2)22(28)26-17-8-6-15(7-9-17)12-24-20(27)13-25-23(29)16-10-18(30-3)21(32-5)19(11-16)31-4/h6-11,14H,12-13H2,1-5H3,(H,24,27)(H,25,29)(H,26,28). The minimum absolute atomic E-state index is 0.0612. The first-order valence-corrected chi connectivity index (χ1v) is 10.0.